The predicted molar refractivity (Wildman–Crippen MR) is 78.1 cm³/mol. The quantitative estimate of drug-likeness (QED) is 0.796. The number of carbonyl (C=O) groups is 2. The summed E-state index contributed by atoms with van der Waals surface area (Å²) in [6.07, 6.45) is 0. The number of nitrogens with zero attached hydrogens (tertiary/aromatic N) is 1. The zero-order valence-corrected chi connectivity index (χ0v) is 11.9. The second-order valence-corrected chi connectivity index (χ2v) is 5.33. The number of carbonyl (C=O) groups excluding carboxylic acids is 2. The fourth-order valence-electron chi connectivity index (χ4n) is 2.53. The minimum Gasteiger partial charge on any atom is -0.300 e. The van der Waals surface area contributed by atoms with Crippen molar-refractivity contribution in [3.63, 3.8) is 0 Å². The third-order valence-corrected chi connectivity index (χ3v) is 3.90. The highest BCUT2D eigenvalue weighted by Gasteiger charge is 2.36. The lowest BCUT2D eigenvalue weighted by Gasteiger charge is -2.19. The average molecular weight is 304 g/mol. The van der Waals surface area contributed by atoms with Crippen molar-refractivity contribution < 1.29 is 14.0 Å². The number of anilines is 1. The van der Waals surface area contributed by atoms with Crippen LogP contribution in [0.3, 0.4) is 0 Å². The van der Waals surface area contributed by atoms with Crippen LogP contribution in [0.1, 0.15) is 21.5 Å². The molecule has 3 nitrogen and oxygen atoms in total. The highest BCUT2D eigenvalue weighted by molar-refractivity contribution is 6.52. The van der Waals surface area contributed by atoms with Crippen LogP contribution >= 0.6 is 11.6 Å². The molecule has 0 radical (unpaired) electrons. The van der Waals surface area contributed by atoms with Crippen molar-refractivity contribution in [2.24, 2.45) is 0 Å². The van der Waals surface area contributed by atoms with E-state index < -0.39 is 17.5 Å². The van der Waals surface area contributed by atoms with Crippen molar-refractivity contribution >= 4 is 29.0 Å². The molecule has 2 aromatic rings. The molecule has 1 aliphatic rings. The number of fused-ring (bicyclic) bond motifs is 1. The molecule has 1 amide bonds. The molecule has 21 heavy (non-hydrogen) atoms. The summed E-state index contributed by atoms with van der Waals surface area (Å²) >= 11 is 6.04. The van der Waals surface area contributed by atoms with Crippen LogP contribution in [0.25, 0.3) is 0 Å². The van der Waals surface area contributed by atoms with Gasteiger partial charge in [-0.2, -0.15) is 0 Å². The van der Waals surface area contributed by atoms with Gasteiger partial charge in [-0.1, -0.05) is 23.7 Å². The normalized spacial score (nSPS) is 13.8. The molecule has 0 spiro atoms. The molecule has 0 saturated carbocycles. The van der Waals surface area contributed by atoms with Gasteiger partial charge in [0, 0.05) is 5.02 Å². The van der Waals surface area contributed by atoms with Crippen LogP contribution in [-0.4, -0.2) is 11.7 Å². The topological polar surface area (TPSA) is 37.4 Å². The Morgan fingerprint density at radius 1 is 1.19 bits per heavy atom. The number of rotatable bonds is 2. The Bertz CT molecular complexity index is 773. The summed E-state index contributed by atoms with van der Waals surface area (Å²) in [6, 6.07) is 9.14. The SMILES string of the molecule is Cc1cccc2c1N(Cc1cc(F)ccc1Cl)C(=O)C2=O. The summed E-state index contributed by atoms with van der Waals surface area (Å²) in [5.74, 6) is -1.58. The Kier molecular flexibility index (Phi) is 3.26. The predicted octanol–water partition coefficient (Wildman–Crippen LogP) is 3.52. The largest absolute Gasteiger partial charge is 0.300 e. The number of Topliss-reactive ketones (excluding diaryl/α,β-unsaturated/α-hetero) is 1. The first-order chi connectivity index (χ1) is 9.99. The van der Waals surface area contributed by atoms with Crippen molar-refractivity contribution in [2.45, 2.75) is 13.5 Å². The summed E-state index contributed by atoms with van der Waals surface area (Å²) in [5.41, 5.74) is 2.24. The molecule has 3 rings (SSSR count). The first-order valence-corrected chi connectivity index (χ1v) is 6.76. The van der Waals surface area contributed by atoms with Gasteiger partial charge in [0.1, 0.15) is 5.82 Å². The van der Waals surface area contributed by atoms with Gasteiger partial charge in [-0.3, -0.25) is 9.59 Å². The number of ketones is 1. The maximum atomic E-state index is 13.3. The number of amides is 1. The van der Waals surface area contributed by atoms with Gasteiger partial charge in [-0.15, -0.1) is 0 Å². The van der Waals surface area contributed by atoms with Crippen LogP contribution in [0.2, 0.25) is 5.02 Å². The number of hydrogen-bond donors (Lipinski definition) is 0. The zero-order valence-electron chi connectivity index (χ0n) is 11.2. The molecule has 0 atom stereocenters. The van der Waals surface area contributed by atoms with E-state index in [-0.39, 0.29) is 6.54 Å². The van der Waals surface area contributed by atoms with Crippen molar-refractivity contribution in [3.05, 3.63) is 63.9 Å². The average Bonchev–Trinajstić information content (AvgIpc) is 2.69. The minimum atomic E-state index is -0.611. The smallest absolute Gasteiger partial charge is 0.299 e. The van der Waals surface area contributed by atoms with Crippen molar-refractivity contribution in [1.82, 2.24) is 0 Å². The van der Waals surface area contributed by atoms with E-state index in [9.17, 15) is 14.0 Å². The maximum Gasteiger partial charge on any atom is 0.299 e. The Hall–Kier alpha value is -2.20. The lowest BCUT2D eigenvalue weighted by molar-refractivity contribution is -0.114. The number of hydrogen-bond acceptors (Lipinski definition) is 2. The zero-order chi connectivity index (χ0) is 15.1. The van der Waals surface area contributed by atoms with Gasteiger partial charge in [0.2, 0.25) is 0 Å². The monoisotopic (exact) mass is 303 g/mol. The van der Waals surface area contributed by atoms with E-state index in [2.05, 4.69) is 0 Å². The number of para-hydroxylation sites is 1. The fourth-order valence-corrected chi connectivity index (χ4v) is 2.70. The minimum absolute atomic E-state index is 0.0685. The third-order valence-electron chi connectivity index (χ3n) is 3.53. The summed E-state index contributed by atoms with van der Waals surface area (Å²) in [6.45, 7) is 1.89. The molecule has 0 saturated heterocycles. The first kappa shape index (κ1) is 13.8. The van der Waals surface area contributed by atoms with E-state index in [4.69, 9.17) is 11.6 Å². The van der Waals surface area contributed by atoms with E-state index in [1.165, 1.54) is 23.1 Å². The number of benzene rings is 2. The van der Waals surface area contributed by atoms with Crippen molar-refractivity contribution in [1.29, 1.82) is 0 Å². The first-order valence-electron chi connectivity index (χ1n) is 6.39. The molecule has 106 valence electrons. The molecule has 1 aliphatic heterocycles. The van der Waals surface area contributed by atoms with E-state index in [0.717, 1.165) is 5.56 Å². The molecule has 0 aliphatic carbocycles. The van der Waals surface area contributed by atoms with Gasteiger partial charge in [0.15, 0.2) is 0 Å². The van der Waals surface area contributed by atoms with Gasteiger partial charge in [-0.25, -0.2) is 4.39 Å². The van der Waals surface area contributed by atoms with Gasteiger partial charge in [-0.05, 0) is 42.3 Å². The van der Waals surface area contributed by atoms with Crippen LogP contribution in [0.15, 0.2) is 36.4 Å². The summed E-state index contributed by atoms with van der Waals surface area (Å²) in [7, 11) is 0. The highest BCUT2D eigenvalue weighted by Crippen LogP contribution is 2.34. The highest BCUT2D eigenvalue weighted by atomic mass is 35.5. The maximum absolute atomic E-state index is 13.3. The molecule has 0 bridgehead atoms. The van der Waals surface area contributed by atoms with Crippen LogP contribution < -0.4 is 4.90 Å². The fraction of sp³-hybridized carbons (Fsp3) is 0.125. The molecule has 0 aromatic heterocycles. The third kappa shape index (κ3) is 2.21. The molecule has 1 heterocycles. The molecule has 0 N–H and O–H groups in total. The molecular formula is C16H11ClFNO2. The van der Waals surface area contributed by atoms with E-state index in [1.807, 2.05) is 13.0 Å². The van der Waals surface area contributed by atoms with Gasteiger partial charge in [0.25, 0.3) is 11.7 Å². The van der Waals surface area contributed by atoms with Crippen molar-refractivity contribution in [2.75, 3.05) is 4.90 Å². The number of aryl methyl sites for hydroxylation is 1. The molecule has 0 unspecified atom stereocenters. The molecule has 2 aromatic carbocycles. The molecule has 5 heteroatoms. The van der Waals surface area contributed by atoms with E-state index in [0.29, 0.717) is 21.8 Å². The van der Waals surface area contributed by atoms with Gasteiger partial charge < -0.3 is 4.90 Å². The van der Waals surface area contributed by atoms with Crippen LogP contribution in [0.5, 0.6) is 0 Å². The second-order valence-electron chi connectivity index (χ2n) is 4.93. The summed E-state index contributed by atoms with van der Waals surface area (Å²) in [4.78, 5) is 25.5. The van der Waals surface area contributed by atoms with Crippen molar-refractivity contribution in [3.8, 4) is 0 Å². The lowest BCUT2D eigenvalue weighted by Crippen LogP contribution is -2.29. The standard InChI is InChI=1S/C16H11ClFNO2/c1-9-3-2-4-12-14(9)19(16(21)15(12)20)8-10-7-11(18)5-6-13(10)17/h2-7H,8H2,1H3. The van der Waals surface area contributed by atoms with E-state index in [1.54, 1.807) is 12.1 Å². The van der Waals surface area contributed by atoms with Crippen LogP contribution in [0, 0.1) is 12.7 Å². The lowest BCUT2D eigenvalue weighted by atomic mass is 10.1. The summed E-state index contributed by atoms with van der Waals surface area (Å²) in [5, 5.41) is 0.360. The molecular weight excluding hydrogens is 293 g/mol. The Labute approximate surface area is 125 Å². The van der Waals surface area contributed by atoms with Gasteiger partial charge in [0.05, 0.1) is 17.8 Å². The second kappa shape index (κ2) is 4.97. The van der Waals surface area contributed by atoms with Crippen LogP contribution in [0.4, 0.5) is 10.1 Å². The van der Waals surface area contributed by atoms with Gasteiger partial charge >= 0.3 is 0 Å². The molecule has 0 fully saturated rings. The number of halogens is 2. The van der Waals surface area contributed by atoms with Crippen LogP contribution in [-0.2, 0) is 11.3 Å². The Morgan fingerprint density at radius 3 is 2.71 bits per heavy atom. The Morgan fingerprint density at radius 2 is 1.95 bits per heavy atom. The van der Waals surface area contributed by atoms with E-state index >= 15 is 0 Å². The Balaban J connectivity index is 2.06. The summed E-state index contributed by atoms with van der Waals surface area (Å²) < 4.78 is 13.3.